The van der Waals surface area contributed by atoms with Gasteiger partial charge >= 0.3 is 6.61 Å². The Kier molecular flexibility index (Phi) is 4.39. The fraction of sp³-hybridized carbons (Fsp3) is 0.286. The van der Waals surface area contributed by atoms with Gasteiger partial charge in [-0.2, -0.15) is 8.78 Å². The lowest BCUT2D eigenvalue weighted by molar-refractivity contribution is -0.0498. The molecule has 1 heterocycles. The quantitative estimate of drug-likeness (QED) is 0.862. The number of halogens is 2. The summed E-state index contributed by atoms with van der Waals surface area (Å²) in [5, 5.41) is 3.22. The van der Waals surface area contributed by atoms with Crippen LogP contribution in [0.25, 0.3) is 0 Å². The second-order valence-corrected chi connectivity index (χ2v) is 4.11. The average molecular weight is 266 g/mol. The molecule has 102 valence electrons. The Labute approximate surface area is 110 Å². The molecule has 0 aliphatic rings. The van der Waals surface area contributed by atoms with Gasteiger partial charge in [0.05, 0.1) is 0 Å². The minimum Gasteiger partial charge on any atom is -0.435 e. The highest BCUT2D eigenvalue weighted by Gasteiger charge is 2.03. The largest absolute Gasteiger partial charge is 0.435 e. The first-order valence-electron chi connectivity index (χ1n) is 6.11. The van der Waals surface area contributed by atoms with Gasteiger partial charge in [-0.15, -0.1) is 0 Å². The van der Waals surface area contributed by atoms with Crippen molar-refractivity contribution in [3.05, 3.63) is 48.3 Å². The highest BCUT2D eigenvalue weighted by Crippen LogP contribution is 2.18. The summed E-state index contributed by atoms with van der Waals surface area (Å²) >= 11 is 0. The van der Waals surface area contributed by atoms with Crippen LogP contribution in [-0.4, -0.2) is 11.2 Å². The molecule has 19 heavy (non-hydrogen) atoms. The number of benzene rings is 1. The summed E-state index contributed by atoms with van der Waals surface area (Å²) in [5.41, 5.74) is 2.04. The molecule has 1 aromatic heterocycles. The van der Waals surface area contributed by atoms with Gasteiger partial charge in [0.2, 0.25) is 0 Å². The summed E-state index contributed by atoms with van der Waals surface area (Å²) in [6.45, 7) is 0.938. The molecule has 0 amide bonds. The van der Waals surface area contributed by atoms with E-state index in [2.05, 4.69) is 27.7 Å². The Balaban J connectivity index is 1.89. The second-order valence-electron chi connectivity index (χ2n) is 4.11. The van der Waals surface area contributed by atoms with Gasteiger partial charge in [-0.25, -0.2) is 0 Å². The van der Waals surface area contributed by atoms with Gasteiger partial charge < -0.3 is 14.6 Å². The predicted octanol–water partition coefficient (Wildman–Crippen LogP) is 3.72. The van der Waals surface area contributed by atoms with Crippen molar-refractivity contribution >= 4 is 5.69 Å². The van der Waals surface area contributed by atoms with Gasteiger partial charge in [0.1, 0.15) is 5.75 Å². The Bertz CT molecular complexity index is 508. The van der Waals surface area contributed by atoms with E-state index >= 15 is 0 Å². The lowest BCUT2D eigenvalue weighted by Gasteiger charge is -2.07. The lowest BCUT2D eigenvalue weighted by Crippen LogP contribution is -2.02. The van der Waals surface area contributed by atoms with Gasteiger partial charge in [-0.3, -0.25) is 0 Å². The number of ether oxygens (including phenoxy) is 1. The van der Waals surface area contributed by atoms with Crippen LogP contribution in [-0.2, 0) is 13.1 Å². The maximum absolute atomic E-state index is 12.0. The fourth-order valence-electron chi connectivity index (χ4n) is 1.75. The van der Waals surface area contributed by atoms with E-state index in [0.717, 1.165) is 12.2 Å². The van der Waals surface area contributed by atoms with Crippen molar-refractivity contribution in [3.8, 4) is 5.75 Å². The maximum Gasteiger partial charge on any atom is 0.387 e. The van der Waals surface area contributed by atoms with Crippen LogP contribution in [0.2, 0.25) is 0 Å². The van der Waals surface area contributed by atoms with Crippen molar-refractivity contribution in [2.45, 2.75) is 26.6 Å². The Morgan fingerprint density at radius 1 is 1.21 bits per heavy atom. The number of alkyl halides is 2. The normalized spacial score (nSPS) is 10.7. The van der Waals surface area contributed by atoms with Gasteiger partial charge in [-0.1, -0.05) is 0 Å². The van der Waals surface area contributed by atoms with Crippen LogP contribution in [0.15, 0.2) is 42.7 Å². The number of hydrogen-bond donors (Lipinski definition) is 1. The molecular formula is C14H16F2N2O. The second kappa shape index (κ2) is 6.22. The number of hydrogen-bond acceptors (Lipinski definition) is 2. The van der Waals surface area contributed by atoms with Crippen LogP contribution < -0.4 is 10.1 Å². The molecule has 2 rings (SSSR count). The number of rotatable bonds is 6. The van der Waals surface area contributed by atoms with E-state index in [1.54, 1.807) is 12.1 Å². The molecule has 0 aliphatic carbocycles. The zero-order valence-electron chi connectivity index (χ0n) is 10.6. The summed E-state index contributed by atoms with van der Waals surface area (Å²) in [7, 11) is 0. The molecule has 5 heteroatoms. The minimum absolute atomic E-state index is 0.165. The zero-order chi connectivity index (χ0) is 13.7. The van der Waals surface area contributed by atoms with Crippen LogP contribution in [0, 0.1) is 0 Å². The van der Waals surface area contributed by atoms with E-state index in [9.17, 15) is 8.78 Å². The third-order valence-corrected chi connectivity index (χ3v) is 2.75. The first-order chi connectivity index (χ1) is 9.17. The topological polar surface area (TPSA) is 26.2 Å². The minimum atomic E-state index is -2.78. The number of aromatic nitrogens is 1. The molecule has 1 N–H and O–H groups in total. The average Bonchev–Trinajstić information content (AvgIpc) is 2.85. The molecule has 0 saturated carbocycles. The summed E-state index contributed by atoms with van der Waals surface area (Å²) in [6, 6.07) is 8.52. The Morgan fingerprint density at radius 3 is 2.53 bits per heavy atom. The third-order valence-electron chi connectivity index (χ3n) is 2.75. The highest BCUT2D eigenvalue weighted by atomic mass is 19.3. The monoisotopic (exact) mass is 266 g/mol. The van der Waals surface area contributed by atoms with Crippen molar-refractivity contribution in [1.82, 2.24) is 4.57 Å². The van der Waals surface area contributed by atoms with Gasteiger partial charge in [0.25, 0.3) is 0 Å². The molecule has 0 bridgehead atoms. The van der Waals surface area contributed by atoms with E-state index < -0.39 is 6.61 Å². The fourth-order valence-corrected chi connectivity index (χ4v) is 1.75. The van der Waals surface area contributed by atoms with Gasteiger partial charge in [0, 0.05) is 31.2 Å². The standard InChI is InChI=1S/C14H16F2N2O/c1-2-18-8-7-11(10-18)9-17-12-3-5-13(6-4-12)19-14(15)16/h3-8,10,14,17H,2,9H2,1H3. The summed E-state index contributed by atoms with van der Waals surface area (Å²) in [4.78, 5) is 0. The Hall–Kier alpha value is -2.04. The third kappa shape index (κ3) is 3.98. The van der Waals surface area contributed by atoms with Gasteiger partial charge in [0.15, 0.2) is 0 Å². The highest BCUT2D eigenvalue weighted by molar-refractivity contribution is 5.46. The Morgan fingerprint density at radius 2 is 1.95 bits per heavy atom. The molecule has 1 aromatic carbocycles. The number of nitrogens with one attached hydrogen (secondary N) is 1. The molecule has 0 radical (unpaired) electrons. The van der Waals surface area contributed by atoms with E-state index in [4.69, 9.17) is 0 Å². The van der Waals surface area contributed by atoms with Crippen LogP contribution in [0.5, 0.6) is 5.75 Å². The van der Waals surface area contributed by atoms with E-state index in [1.165, 1.54) is 17.7 Å². The van der Waals surface area contributed by atoms with Gasteiger partial charge in [-0.05, 0) is 42.8 Å². The summed E-state index contributed by atoms with van der Waals surface area (Å²) in [6.07, 6.45) is 4.10. The van der Waals surface area contributed by atoms with Crippen molar-refractivity contribution < 1.29 is 13.5 Å². The van der Waals surface area contributed by atoms with Crippen molar-refractivity contribution in [3.63, 3.8) is 0 Å². The lowest BCUT2D eigenvalue weighted by atomic mass is 10.3. The van der Waals surface area contributed by atoms with Crippen LogP contribution in [0.3, 0.4) is 0 Å². The van der Waals surface area contributed by atoms with Crippen molar-refractivity contribution in [2.75, 3.05) is 5.32 Å². The summed E-state index contributed by atoms with van der Waals surface area (Å²) in [5.74, 6) is 0.165. The van der Waals surface area contributed by atoms with Crippen molar-refractivity contribution in [2.24, 2.45) is 0 Å². The number of anilines is 1. The van der Waals surface area contributed by atoms with E-state index in [0.29, 0.717) is 6.54 Å². The molecule has 2 aromatic rings. The molecule has 0 saturated heterocycles. The SMILES string of the molecule is CCn1ccc(CNc2ccc(OC(F)F)cc2)c1. The first kappa shape index (κ1) is 13.4. The first-order valence-corrected chi connectivity index (χ1v) is 6.11. The molecule has 0 atom stereocenters. The molecule has 3 nitrogen and oxygen atoms in total. The van der Waals surface area contributed by atoms with Crippen LogP contribution in [0.4, 0.5) is 14.5 Å². The maximum atomic E-state index is 12.0. The molecular weight excluding hydrogens is 250 g/mol. The van der Waals surface area contributed by atoms with E-state index in [-0.39, 0.29) is 5.75 Å². The molecule has 0 spiro atoms. The number of nitrogens with zero attached hydrogens (tertiary/aromatic N) is 1. The smallest absolute Gasteiger partial charge is 0.387 e. The summed E-state index contributed by atoms with van der Waals surface area (Å²) < 4.78 is 30.4. The zero-order valence-corrected chi connectivity index (χ0v) is 10.6. The molecule has 0 aliphatic heterocycles. The van der Waals surface area contributed by atoms with Crippen molar-refractivity contribution in [1.29, 1.82) is 0 Å². The van der Waals surface area contributed by atoms with Crippen LogP contribution >= 0.6 is 0 Å². The predicted molar refractivity (Wildman–Crippen MR) is 70.5 cm³/mol. The molecule has 0 fully saturated rings. The number of aryl methyl sites for hydroxylation is 1. The van der Waals surface area contributed by atoms with E-state index in [1.807, 2.05) is 12.3 Å². The van der Waals surface area contributed by atoms with Crippen LogP contribution in [0.1, 0.15) is 12.5 Å². The molecule has 0 unspecified atom stereocenters.